The molecular weight excluding hydrogens is 318 g/mol. The Morgan fingerprint density at radius 1 is 1.21 bits per heavy atom. The lowest BCUT2D eigenvalue weighted by Gasteiger charge is -2.13. The molecule has 0 unspecified atom stereocenters. The molecule has 2 aromatic rings. The molecule has 1 aromatic heterocycles. The maximum Gasteiger partial charge on any atom is 0.405 e. The molecule has 124 valence electrons. The summed E-state index contributed by atoms with van der Waals surface area (Å²) in [5, 5.41) is 24.7. The van der Waals surface area contributed by atoms with Crippen LogP contribution in [-0.2, 0) is 9.53 Å². The molecule has 0 radical (unpaired) electrons. The number of benzene rings is 1. The van der Waals surface area contributed by atoms with E-state index in [1.165, 1.54) is 49.4 Å². The van der Waals surface area contributed by atoms with E-state index in [1.54, 1.807) is 0 Å². The van der Waals surface area contributed by atoms with Gasteiger partial charge in [-0.15, -0.1) is 0 Å². The van der Waals surface area contributed by atoms with E-state index in [0.717, 1.165) is 6.20 Å². The molecule has 0 saturated carbocycles. The molecule has 1 atom stereocenters. The Labute approximate surface area is 136 Å². The zero-order valence-electron chi connectivity index (χ0n) is 12.5. The van der Waals surface area contributed by atoms with Gasteiger partial charge >= 0.3 is 11.7 Å². The van der Waals surface area contributed by atoms with Gasteiger partial charge in [-0.25, -0.2) is 4.79 Å². The summed E-state index contributed by atoms with van der Waals surface area (Å²) in [6.45, 7) is 1.29. The topological polar surface area (TPSA) is 125 Å². The highest BCUT2D eigenvalue weighted by atomic mass is 16.6. The maximum atomic E-state index is 12.0. The lowest BCUT2D eigenvalue weighted by atomic mass is 10.2. The van der Waals surface area contributed by atoms with E-state index in [9.17, 15) is 24.9 Å². The van der Waals surface area contributed by atoms with E-state index in [1.807, 2.05) is 0 Å². The number of nitro benzene ring substituents is 1. The van der Waals surface area contributed by atoms with Gasteiger partial charge in [0, 0.05) is 18.2 Å². The Balaban J connectivity index is 2.07. The van der Waals surface area contributed by atoms with Crippen molar-refractivity contribution in [1.29, 1.82) is 0 Å². The largest absolute Gasteiger partial charge is 0.618 e. The standard InChI is InChI=1S/C15H13N3O6/c1-10(24-15(20)13-8-4-5-9-17(13)21)14(19)16-11-6-2-3-7-12(11)18(22)23/h2-10H,1H3,(H,16,19)/t10-/m1/s1. The second-order valence-electron chi connectivity index (χ2n) is 4.72. The molecule has 1 aromatic carbocycles. The molecule has 1 N–H and O–H groups in total. The number of pyridine rings is 1. The van der Waals surface area contributed by atoms with Gasteiger partial charge in [-0.2, -0.15) is 4.73 Å². The minimum atomic E-state index is -1.25. The second-order valence-corrected chi connectivity index (χ2v) is 4.72. The lowest BCUT2D eigenvalue weighted by molar-refractivity contribution is -0.608. The molecule has 9 heteroatoms. The van der Waals surface area contributed by atoms with Crippen LogP contribution < -0.4 is 10.0 Å². The fraction of sp³-hybridized carbons (Fsp3) is 0.133. The van der Waals surface area contributed by atoms with E-state index in [4.69, 9.17) is 4.74 Å². The van der Waals surface area contributed by atoms with E-state index in [0.29, 0.717) is 4.73 Å². The van der Waals surface area contributed by atoms with Crippen molar-refractivity contribution in [3.8, 4) is 0 Å². The average molecular weight is 331 g/mol. The first-order chi connectivity index (χ1) is 11.4. The minimum Gasteiger partial charge on any atom is -0.618 e. The number of carbonyl (C=O) groups excluding carboxylic acids is 2. The third-order valence-electron chi connectivity index (χ3n) is 3.04. The number of para-hydroxylation sites is 2. The predicted molar refractivity (Wildman–Crippen MR) is 82.0 cm³/mol. The zero-order valence-corrected chi connectivity index (χ0v) is 12.5. The number of nitrogens with one attached hydrogen (secondary N) is 1. The van der Waals surface area contributed by atoms with Crippen molar-refractivity contribution in [1.82, 2.24) is 0 Å². The molecule has 0 spiro atoms. The Hall–Kier alpha value is -3.49. The summed E-state index contributed by atoms with van der Waals surface area (Å²) in [7, 11) is 0. The van der Waals surface area contributed by atoms with Crippen molar-refractivity contribution in [2.45, 2.75) is 13.0 Å². The minimum absolute atomic E-state index is 0.0194. The molecule has 0 bridgehead atoms. The van der Waals surface area contributed by atoms with Crippen LogP contribution >= 0.6 is 0 Å². The number of hydrogen-bond donors (Lipinski definition) is 1. The molecule has 1 amide bonds. The Bertz CT molecular complexity index is 792. The third-order valence-corrected chi connectivity index (χ3v) is 3.04. The molecule has 0 aliphatic rings. The molecular formula is C15H13N3O6. The highest BCUT2D eigenvalue weighted by molar-refractivity contribution is 5.97. The summed E-state index contributed by atoms with van der Waals surface area (Å²) >= 11 is 0. The monoisotopic (exact) mass is 331 g/mol. The second kappa shape index (κ2) is 7.18. The van der Waals surface area contributed by atoms with E-state index in [2.05, 4.69) is 5.32 Å². The van der Waals surface area contributed by atoms with Crippen LogP contribution in [0.25, 0.3) is 0 Å². The van der Waals surface area contributed by atoms with Crippen LogP contribution in [-0.4, -0.2) is 22.9 Å². The van der Waals surface area contributed by atoms with Gasteiger partial charge in [0.05, 0.1) is 4.92 Å². The number of esters is 1. The molecule has 0 aliphatic carbocycles. The van der Waals surface area contributed by atoms with E-state index < -0.39 is 22.9 Å². The fourth-order valence-electron chi connectivity index (χ4n) is 1.83. The van der Waals surface area contributed by atoms with Crippen molar-refractivity contribution >= 4 is 23.3 Å². The van der Waals surface area contributed by atoms with Gasteiger partial charge in [0.25, 0.3) is 11.6 Å². The van der Waals surface area contributed by atoms with Gasteiger partial charge in [-0.05, 0) is 19.1 Å². The summed E-state index contributed by atoms with van der Waals surface area (Å²) in [6, 6.07) is 9.73. The molecule has 0 fully saturated rings. The quantitative estimate of drug-likeness (QED) is 0.290. The number of hydrogen-bond acceptors (Lipinski definition) is 6. The molecule has 2 rings (SSSR count). The van der Waals surface area contributed by atoms with Crippen molar-refractivity contribution in [3.05, 3.63) is 69.7 Å². The first-order valence-corrected chi connectivity index (χ1v) is 6.83. The van der Waals surface area contributed by atoms with E-state index in [-0.39, 0.29) is 17.1 Å². The Morgan fingerprint density at radius 3 is 2.54 bits per heavy atom. The average Bonchev–Trinajstić information content (AvgIpc) is 2.55. The molecule has 1 heterocycles. The van der Waals surface area contributed by atoms with Crippen molar-refractivity contribution in [2.75, 3.05) is 5.32 Å². The van der Waals surface area contributed by atoms with Gasteiger partial charge in [0.15, 0.2) is 12.3 Å². The number of aromatic nitrogens is 1. The van der Waals surface area contributed by atoms with Crippen LogP contribution in [0.15, 0.2) is 48.7 Å². The van der Waals surface area contributed by atoms with Crippen LogP contribution in [0.5, 0.6) is 0 Å². The molecule has 0 saturated heterocycles. The smallest absolute Gasteiger partial charge is 0.405 e. The van der Waals surface area contributed by atoms with Gasteiger partial charge in [0.2, 0.25) is 0 Å². The normalized spacial score (nSPS) is 11.4. The van der Waals surface area contributed by atoms with Crippen molar-refractivity contribution < 1.29 is 24.0 Å². The number of anilines is 1. The van der Waals surface area contributed by atoms with Crippen LogP contribution in [0.1, 0.15) is 17.4 Å². The van der Waals surface area contributed by atoms with Crippen LogP contribution in [0.2, 0.25) is 0 Å². The first-order valence-electron chi connectivity index (χ1n) is 6.83. The van der Waals surface area contributed by atoms with Gasteiger partial charge < -0.3 is 15.3 Å². The first kappa shape index (κ1) is 16.9. The number of amides is 1. The highest BCUT2D eigenvalue weighted by Gasteiger charge is 2.25. The van der Waals surface area contributed by atoms with Crippen molar-refractivity contribution in [3.63, 3.8) is 0 Å². The summed E-state index contributed by atoms with van der Waals surface area (Å²) in [6.07, 6.45) is -0.133. The number of nitro groups is 1. The molecule has 0 aliphatic heterocycles. The van der Waals surface area contributed by atoms with Gasteiger partial charge in [-0.1, -0.05) is 12.1 Å². The SMILES string of the molecule is C[C@@H](OC(=O)c1cccc[n+]1[O-])C(=O)Nc1ccccc1[N+](=O)[O-]. The van der Waals surface area contributed by atoms with E-state index >= 15 is 0 Å². The van der Waals surface area contributed by atoms with Crippen molar-refractivity contribution in [2.24, 2.45) is 0 Å². The maximum absolute atomic E-state index is 12.0. The lowest BCUT2D eigenvalue weighted by Crippen LogP contribution is -2.37. The Morgan fingerprint density at radius 2 is 1.88 bits per heavy atom. The highest BCUT2D eigenvalue weighted by Crippen LogP contribution is 2.23. The van der Waals surface area contributed by atoms with Crippen LogP contribution in [0.4, 0.5) is 11.4 Å². The molecule has 9 nitrogen and oxygen atoms in total. The summed E-state index contributed by atoms with van der Waals surface area (Å²) in [4.78, 5) is 34.2. The number of carbonyl (C=O) groups is 2. The Kier molecular flexibility index (Phi) is 5.05. The number of nitrogens with zero attached hydrogens (tertiary/aromatic N) is 2. The number of rotatable bonds is 5. The summed E-state index contributed by atoms with van der Waals surface area (Å²) < 4.78 is 5.22. The summed E-state index contributed by atoms with van der Waals surface area (Å²) in [5.41, 5.74) is -0.582. The summed E-state index contributed by atoms with van der Waals surface area (Å²) in [5.74, 6) is -1.73. The number of ether oxygens (including phenoxy) is 1. The van der Waals surface area contributed by atoms with Gasteiger partial charge in [0.1, 0.15) is 5.69 Å². The molecule has 24 heavy (non-hydrogen) atoms. The zero-order chi connectivity index (χ0) is 17.7. The van der Waals surface area contributed by atoms with Crippen LogP contribution in [0.3, 0.4) is 0 Å². The predicted octanol–water partition coefficient (Wildman–Crippen LogP) is 1.41. The van der Waals surface area contributed by atoms with Gasteiger partial charge in [-0.3, -0.25) is 14.9 Å². The third kappa shape index (κ3) is 3.83. The fourth-order valence-corrected chi connectivity index (χ4v) is 1.83. The van der Waals surface area contributed by atoms with Crippen LogP contribution in [0, 0.1) is 15.3 Å².